The summed E-state index contributed by atoms with van der Waals surface area (Å²) in [7, 11) is 0. The van der Waals surface area contributed by atoms with Crippen LogP contribution in [0, 0.1) is 17.8 Å². The summed E-state index contributed by atoms with van der Waals surface area (Å²) in [4.78, 5) is 0. The highest BCUT2D eigenvalue weighted by molar-refractivity contribution is 4.86. The van der Waals surface area contributed by atoms with Crippen LogP contribution < -0.4 is 5.73 Å². The molecule has 1 heteroatoms. The largest absolute Gasteiger partial charge is 0.327 e. The van der Waals surface area contributed by atoms with Crippen molar-refractivity contribution in [2.75, 3.05) is 0 Å². The lowest BCUT2D eigenvalue weighted by atomic mass is 9.69. The maximum atomic E-state index is 6.28. The molecule has 0 radical (unpaired) electrons. The molecule has 2 aliphatic rings. The van der Waals surface area contributed by atoms with E-state index in [0.29, 0.717) is 6.04 Å². The summed E-state index contributed by atoms with van der Waals surface area (Å²) in [5.41, 5.74) is 6.28. The van der Waals surface area contributed by atoms with Crippen molar-refractivity contribution in [3.63, 3.8) is 0 Å². The van der Waals surface area contributed by atoms with Crippen molar-refractivity contribution in [3.8, 4) is 0 Å². The summed E-state index contributed by atoms with van der Waals surface area (Å²) in [6.45, 7) is 2.34. The highest BCUT2D eigenvalue weighted by Gasteiger charge is 2.31. The molecule has 0 aromatic heterocycles. The molecule has 0 saturated heterocycles. The molecule has 2 fully saturated rings. The number of hydrogen-bond donors (Lipinski definition) is 1. The smallest absolute Gasteiger partial charge is 0.00698 e. The summed E-state index contributed by atoms with van der Waals surface area (Å²) < 4.78 is 0. The first kappa shape index (κ1) is 11.4. The monoisotopic (exact) mass is 209 g/mol. The SMILES string of the molecule is CCC1CCC(C2CCCCC2N)CC1. The van der Waals surface area contributed by atoms with Gasteiger partial charge in [0.25, 0.3) is 0 Å². The summed E-state index contributed by atoms with van der Waals surface area (Å²) in [5, 5.41) is 0. The van der Waals surface area contributed by atoms with Gasteiger partial charge in [-0.05, 0) is 43.4 Å². The molecule has 15 heavy (non-hydrogen) atoms. The molecule has 0 aromatic carbocycles. The zero-order valence-electron chi connectivity index (χ0n) is 10.3. The summed E-state index contributed by atoms with van der Waals surface area (Å²) in [5.74, 6) is 2.88. The van der Waals surface area contributed by atoms with E-state index in [0.717, 1.165) is 17.8 Å². The molecule has 0 bridgehead atoms. The van der Waals surface area contributed by atoms with Gasteiger partial charge in [0.05, 0.1) is 0 Å². The molecule has 2 saturated carbocycles. The van der Waals surface area contributed by atoms with Crippen molar-refractivity contribution in [1.29, 1.82) is 0 Å². The molecule has 2 N–H and O–H groups in total. The number of nitrogens with two attached hydrogens (primary N) is 1. The van der Waals surface area contributed by atoms with E-state index in [4.69, 9.17) is 5.73 Å². The van der Waals surface area contributed by atoms with E-state index in [1.54, 1.807) is 0 Å². The van der Waals surface area contributed by atoms with Gasteiger partial charge < -0.3 is 5.73 Å². The molecule has 0 amide bonds. The predicted octanol–water partition coefficient (Wildman–Crippen LogP) is 3.72. The molecule has 0 heterocycles. The topological polar surface area (TPSA) is 26.0 Å². The van der Waals surface area contributed by atoms with Crippen molar-refractivity contribution in [2.24, 2.45) is 23.5 Å². The van der Waals surface area contributed by atoms with Crippen LogP contribution in [0.4, 0.5) is 0 Å². The lowest BCUT2D eigenvalue weighted by molar-refractivity contribution is 0.147. The Bertz CT molecular complexity index is 182. The van der Waals surface area contributed by atoms with E-state index in [1.807, 2.05) is 0 Å². The molecule has 88 valence electrons. The average molecular weight is 209 g/mol. The number of rotatable bonds is 2. The van der Waals surface area contributed by atoms with Gasteiger partial charge in [-0.25, -0.2) is 0 Å². The van der Waals surface area contributed by atoms with Gasteiger partial charge in [0.15, 0.2) is 0 Å². The van der Waals surface area contributed by atoms with Crippen LogP contribution >= 0.6 is 0 Å². The third-order valence-corrected chi connectivity index (χ3v) is 4.95. The van der Waals surface area contributed by atoms with Crippen molar-refractivity contribution < 1.29 is 0 Å². The summed E-state index contributed by atoms with van der Waals surface area (Å²) >= 11 is 0. The minimum atomic E-state index is 0.530. The van der Waals surface area contributed by atoms with Crippen LogP contribution in [-0.4, -0.2) is 6.04 Å². The van der Waals surface area contributed by atoms with Gasteiger partial charge >= 0.3 is 0 Å². The highest BCUT2D eigenvalue weighted by atomic mass is 14.7. The Labute approximate surface area is 94.8 Å². The minimum absolute atomic E-state index is 0.530. The van der Waals surface area contributed by atoms with Gasteiger partial charge in [-0.2, -0.15) is 0 Å². The Kier molecular flexibility index (Phi) is 4.07. The maximum Gasteiger partial charge on any atom is 0.00698 e. The van der Waals surface area contributed by atoms with Gasteiger partial charge in [0, 0.05) is 6.04 Å². The molecule has 1 nitrogen and oxygen atoms in total. The van der Waals surface area contributed by atoms with Crippen LogP contribution in [0.2, 0.25) is 0 Å². The summed E-state index contributed by atoms with van der Waals surface area (Å²) in [6, 6.07) is 0.530. The second-order valence-electron chi connectivity index (χ2n) is 5.80. The van der Waals surface area contributed by atoms with Crippen LogP contribution in [0.1, 0.15) is 64.7 Å². The molecule has 0 aromatic rings. The molecule has 2 unspecified atom stereocenters. The lowest BCUT2D eigenvalue weighted by Gasteiger charge is -2.39. The van der Waals surface area contributed by atoms with Crippen LogP contribution in [0.3, 0.4) is 0 Å². The first-order valence-electron chi connectivity index (χ1n) is 7.06. The Morgan fingerprint density at radius 2 is 1.60 bits per heavy atom. The van der Waals surface area contributed by atoms with Crippen LogP contribution in [0.25, 0.3) is 0 Å². The van der Waals surface area contributed by atoms with Crippen molar-refractivity contribution in [1.82, 2.24) is 0 Å². The fourth-order valence-corrected chi connectivity index (χ4v) is 3.80. The fourth-order valence-electron chi connectivity index (χ4n) is 3.80. The van der Waals surface area contributed by atoms with E-state index < -0.39 is 0 Å². The zero-order chi connectivity index (χ0) is 10.7. The molecular weight excluding hydrogens is 182 g/mol. The normalized spacial score (nSPS) is 42.8. The lowest BCUT2D eigenvalue weighted by Crippen LogP contribution is -2.39. The van der Waals surface area contributed by atoms with Gasteiger partial charge in [-0.3, -0.25) is 0 Å². The Hall–Kier alpha value is -0.0400. The fraction of sp³-hybridized carbons (Fsp3) is 1.00. The Balaban J connectivity index is 1.83. The van der Waals surface area contributed by atoms with E-state index in [1.165, 1.54) is 57.8 Å². The maximum absolute atomic E-state index is 6.28. The predicted molar refractivity (Wildman–Crippen MR) is 65.7 cm³/mol. The van der Waals surface area contributed by atoms with E-state index in [9.17, 15) is 0 Å². The molecule has 2 aliphatic carbocycles. The second-order valence-corrected chi connectivity index (χ2v) is 5.80. The van der Waals surface area contributed by atoms with E-state index in [2.05, 4.69) is 6.92 Å². The quantitative estimate of drug-likeness (QED) is 0.737. The molecular formula is C14H27N. The second kappa shape index (κ2) is 5.34. The zero-order valence-corrected chi connectivity index (χ0v) is 10.3. The third kappa shape index (κ3) is 2.75. The summed E-state index contributed by atoms with van der Waals surface area (Å²) in [6.07, 6.45) is 12.8. The van der Waals surface area contributed by atoms with Crippen LogP contribution in [0.5, 0.6) is 0 Å². The molecule has 0 spiro atoms. The van der Waals surface area contributed by atoms with E-state index >= 15 is 0 Å². The van der Waals surface area contributed by atoms with Gasteiger partial charge in [-0.1, -0.05) is 39.0 Å². The molecule has 2 atom stereocenters. The van der Waals surface area contributed by atoms with Crippen LogP contribution in [0.15, 0.2) is 0 Å². The van der Waals surface area contributed by atoms with Crippen molar-refractivity contribution in [3.05, 3.63) is 0 Å². The third-order valence-electron chi connectivity index (χ3n) is 4.95. The van der Waals surface area contributed by atoms with Gasteiger partial charge in [0.1, 0.15) is 0 Å². The van der Waals surface area contributed by atoms with Gasteiger partial charge in [0.2, 0.25) is 0 Å². The standard InChI is InChI=1S/C14H27N/c1-2-11-7-9-12(10-8-11)13-5-3-4-6-14(13)15/h11-14H,2-10,15H2,1H3. The minimum Gasteiger partial charge on any atom is -0.327 e. The molecule has 2 rings (SSSR count). The van der Waals surface area contributed by atoms with Crippen molar-refractivity contribution >= 4 is 0 Å². The Morgan fingerprint density at radius 1 is 0.933 bits per heavy atom. The van der Waals surface area contributed by atoms with Crippen LogP contribution in [-0.2, 0) is 0 Å². The van der Waals surface area contributed by atoms with Crippen molar-refractivity contribution in [2.45, 2.75) is 70.8 Å². The Morgan fingerprint density at radius 3 is 2.20 bits per heavy atom. The first-order chi connectivity index (χ1) is 7.31. The van der Waals surface area contributed by atoms with Gasteiger partial charge in [-0.15, -0.1) is 0 Å². The molecule has 0 aliphatic heterocycles. The van der Waals surface area contributed by atoms with E-state index in [-0.39, 0.29) is 0 Å². The first-order valence-corrected chi connectivity index (χ1v) is 7.06. The average Bonchev–Trinajstić information content (AvgIpc) is 2.30. The number of hydrogen-bond acceptors (Lipinski definition) is 1. The highest BCUT2D eigenvalue weighted by Crippen LogP contribution is 2.40.